The van der Waals surface area contributed by atoms with Crippen LogP contribution in [-0.2, 0) is 0 Å². The van der Waals surface area contributed by atoms with Gasteiger partial charge in [-0.1, -0.05) is 0 Å². The third kappa shape index (κ3) is 2.88. The topological polar surface area (TPSA) is 89.2 Å². The fourth-order valence-electron chi connectivity index (χ4n) is 2.12. The van der Waals surface area contributed by atoms with E-state index in [1.54, 1.807) is 12.1 Å². The van der Waals surface area contributed by atoms with Crippen molar-refractivity contribution in [2.45, 2.75) is 18.9 Å². The van der Waals surface area contributed by atoms with Crippen molar-refractivity contribution in [1.82, 2.24) is 10.3 Å². The molecule has 1 atom stereocenters. The first-order valence-electron chi connectivity index (χ1n) is 5.79. The minimum atomic E-state index is -0.991. The van der Waals surface area contributed by atoms with Gasteiger partial charge in [0.2, 0.25) is 0 Å². The summed E-state index contributed by atoms with van der Waals surface area (Å²) in [5.41, 5.74) is 0.524. The van der Waals surface area contributed by atoms with Gasteiger partial charge >= 0.3 is 6.09 Å². The maximum absolute atomic E-state index is 10.6. The smallest absolute Gasteiger partial charge is 0.404 e. The van der Waals surface area contributed by atoms with Crippen LogP contribution in [0.4, 0.5) is 10.6 Å². The molecule has 1 amide bonds. The number of piperidine rings is 1. The molecule has 1 aromatic heterocycles. The number of nitrogens with one attached hydrogen (secondary N) is 1. The van der Waals surface area contributed by atoms with Gasteiger partial charge in [-0.05, 0) is 25.0 Å². The van der Waals surface area contributed by atoms with Gasteiger partial charge in [-0.3, -0.25) is 0 Å². The van der Waals surface area contributed by atoms with Crippen LogP contribution in [0.25, 0.3) is 0 Å². The highest BCUT2D eigenvalue weighted by Gasteiger charge is 2.21. The van der Waals surface area contributed by atoms with Crippen LogP contribution in [-0.4, -0.2) is 35.3 Å². The number of hydrogen-bond acceptors (Lipinski definition) is 4. The average molecular weight is 246 g/mol. The van der Waals surface area contributed by atoms with E-state index in [1.807, 2.05) is 11.0 Å². The molecule has 1 aliphatic rings. The molecule has 1 unspecified atom stereocenters. The van der Waals surface area contributed by atoms with Crippen molar-refractivity contribution in [3.8, 4) is 6.07 Å². The summed E-state index contributed by atoms with van der Waals surface area (Å²) in [6.45, 7) is 1.47. The number of aromatic nitrogens is 1. The summed E-state index contributed by atoms with van der Waals surface area (Å²) in [4.78, 5) is 16.9. The number of carboxylic acid groups (broad SMARTS) is 1. The molecule has 6 heteroatoms. The molecule has 6 nitrogen and oxygen atoms in total. The summed E-state index contributed by atoms with van der Waals surface area (Å²) in [5.74, 6) is 0.783. The van der Waals surface area contributed by atoms with Gasteiger partial charge in [0.25, 0.3) is 0 Å². The monoisotopic (exact) mass is 246 g/mol. The first-order valence-corrected chi connectivity index (χ1v) is 5.79. The SMILES string of the molecule is N#Cc1ccc(N2CCCC(NC(=O)O)C2)nc1. The Morgan fingerprint density at radius 3 is 3.06 bits per heavy atom. The summed E-state index contributed by atoms with van der Waals surface area (Å²) in [6.07, 6.45) is 2.31. The lowest BCUT2D eigenvalue weighted by molar-refractivity contribution is 0.188. The molecule has 1 aromatic rings. The Morgan fingerprint density at radius 2 is 2.44 bits per heavy atom. The van der Waals surface area contributed by atoms with Gasteiger partial charge in [0.1, 0.15) is 11.9 Å². The van der Waals surface area contributed by atoms with Crippen LogP contribution < -0.4 is 10.2 Å². The molecule has 0 aliphatic carbocycles. The molecule has 2 N–H and O–H groups in total. The fourth-order valence-corrected chi connectivity index (χ4v) is 2.12. The van der Waals surface area contributed by atoms with Crippen molar-refractivity contribution < 1.29 is 9.90 Å². The number of anilines is 1. The normalized spacial score (nSPS) is 19.1. The Hall–Kier alpha value is -2.29. The van der Waals surface area contributed by atoms with Gasteiger partial charge in [0.05, 0.1) is 5.56 Å². The van der Waals surface area contributed by atoms with E-state index in [4.69, 9.17) is 10.4 Å². The van der Waals surface area contributed by atoms with E-state index in [0.29, 0.717) is 12.1 Å². The lowest BCUT2D eigenvalue weighted by atomic mass is 10.1. The van der Waals surface area contributed by atoms with Crippen LogP contribution in [0.2, 0.25) is 0 Å². The van der Waals surface area contributed by atoms with Crippen LogP contribution in [0.5, 0.6) is 0 Å². The highest BCUT2D eigenvalue weighted by Crippen LogP contribution is 2.17. The Kier molecular flexibility index (Phi) is 3.63. The molecule has 0 aromatic carbocycles. The number of pyridine rings is 1. The van der Waals surface area contributed by atoms with Crippen LogP contribution in [0.15, 0.2) is 18.3 Å². The van der Waals surface area contributed by atoms with Gasteiger partial charge in [0.15, 0.2) is 0 Å². The Balaban J connectivity index is 2.03. The summed E-state index contributed by atoms with van der Waals surface area (Å²) in [6, 6.07) is 5.47. The lowest BCUT2D eigenvalue weighted by Crippen LogP contribution is -2.47. The molecule has 0 spiro atoms. The van der Waals surface area contributed by atoms with Crippen molar-refractivity contribution in [3.63, 3.8) is 0 Å². The molecular weight excluding hydrogens is 232 g/mol. The lowest BCUT2D eigenvalue weighted by Gasteiger charge is -2.33. The number of carbonyl (C=O) groups is 1. The van der Waals surface area contributed by atoms with Crippen molar-refractivity contribution in [2.24, 2.45) is 0 Å². The van der Waals surface area contributed by atoms with Gasteiger partial charge in [-0.25, -0.2) is 9.78 Å². The fraction of sp³-hybridized carbons (Fsp3) is 0.417. The third-order valence-corrected chi connectivity index (χ3v) is 2.95. The predicted octanol–water partition coefficient (Wildman–Crippen LogP) is 1.19. The van der Waals surface area contributed by atoms with E-state index in [-0.39, 0.29) is 6.04 Å². The molecule has 1 saturated heterocycles. The van der Waals surface area contributed by atoms with E-state index in [0.717, 1.165) is 25.2 Å². The molecule has 0 bridgehead atoms. The summed E-state index contributed by atoms with van der Waals surface area (Å²) >= 11 is 0. The van der Waals surface area contributed by atoms with Crippen molar-refractivity contribution >= 4 is 11.9 Å². The number of hydrogen-bond donors (Lipinski definition) is 2. The number of amides is 1. The minimum absolute atomic E-state index is 0.0614. The first-order chi connectivity index (χ1) is 8.69. The van der Waals surface area contributed by atoms with E-state index in [9.17, 15) is 4.79 Å². The Morgan fingerprint density at radius 1 is 1.61 bits per heavy atom. The highest BCUT2D eigenvalue weighted by molar-refractivity contribution is 5.65. The minimum Gasteiger partial charge on any atom is -0.465 e. The molecule has 18 heavy (non-hydrogen) atoms. The second-order valence-corrected chi connectivity index (χ2v) is 4.25. The number of nitrogens with zero attached hydrogens (tertiary/aromatic N) is 3. The molecule has 1 aliphatic heterocycles. The number of nitriles is 1. The van der Waals surface area contributed by atoms with E-state index >= 15 is 0 Å². The second kappa shape index (κ2) is 5.36. The van der Waals surface area contributed by atoms with Crippen LogP contribution >= 0.6 is 0 Å². The van der Waals surface area contributed by atoms with Crippen LogP contribution in [0.3, 0.4) is 0 Å². The zero-order valence-electron chi connectivity index (χ0n) is 9.83. The quantitative estimate of drug-likeness (QED) is 0.818. The van der Waals surface area contributed by atoms with Crippen LogP contribution in [0, 0.1) is 11.3 Å². The summed E-state index contributed by atoms with van der Waals surface area (Å²) in [7, 11) is 0. The van der Waals surface area contributed by atoms with Gasteiger partial charge < -0.3 is 15.3 Å². The zero-order chi connectivity index (χ0) is 13.0. The third-order valence-electron chi connectivity index (χ3n) is 2.95. The second-order valence-electron chi connectivity index (χ2n) is 4.25. The Bertz CT molecular complexity index is 466. The Labute approximate surface area is 105 Å². The van der Waals surface area contributed by atoms with Gasteiger partial charge in [0, 0.05) is 25.3 Å². The van der Waals surface area contributed by atoms with Crippen molar-refractivity contribution in [1.29, 1.82) is 5.26 Å². The molecular formula is C12H14N4O2. The largest absolute Gasteiger partial charge is 0.465 e. The van der Waals surface area contributed by atoms with E-state index in [2.05, 4.69) is 10.3 Å². The average Bonchev–Trinajstić information content (AvgIpc) is 2.38. The first kappa shape index (κ1) is 12.2. The highest BCUT2D eigenvalue weighted by atomic mass is 16.4. The van der Waals surface area contributed by atoms with Crippen LogP contribution in [0.1, 0.15) is 18.4 Å². The van der Waals surface area contributed by atoms with Crippen molar-refractivity contribution in [3.05, 3.63) is 23.9 Å². The van der Waals surface area contributed by atoms with E-state index < -0.39 is 6.09 Å². The standard InChI is InChI=1S/C12H14N4O2/c13-6-9-3-4-11(14-7-9)16-5-1-2-10(8-16)15-12(17)18/h3-4,7,10,15H,1-2,5,8H2,(H,17,18). The molecule has 1 fully saturated rings. The molecule has 0 radical (unpaired) electrons. The molecule has 2 heterocycles. The maximum atomic E-state index is 10.6. The van der Waals surface area contributed by atoms with Gasteiger partial charge in [-0.15, -0.1) is 0 Å². The number of rotatable bonds is 2. The predicted molar refractivity (Wildman–Crippen MR) is 65.3 cm³/mol. The molecule has 2 rings (SSSR count). The summed E-state index contributed by atoms with van der Waals surface area (Å²) < 4.78 is 0. The zero-order valence-corrected chi connectivity index (χ0v) is 9.83. The summed E-state index contributed by atoms with van der Waals surface area (Å²) in [5, 5.41) is 19.9. The van der Waals surface area contributed by atoms with Gasteiger partial charge in [-0.2, -0.15) is 5.26 Å². The van der Waals surface area contributed by atoms with Crippen molar-refractivity contribution in [2.75, 3.05) is 18.0 Å². The van der Waals surface area contributed by atoms with E-state index in [1.165, 1.54) is 6.20 Å². The maximum Gasteiger partial charge on any atom is 0.404 e. The molecule has 94 valence electrons. The molecule has 0 saturated carbocycles.